The lowest BCUT2D eigenvalue weighted by Gasteiger charge is -2.10. The van der Waals surface area contributed by atoms with Crippen molar-refractivity contribution in [2.45, 2.75) is 18.7 Å². The third-order valence-electron chi connectivity index (χ3n) is 1.87. The van der Waals surface area contributed by atoms with E-state index in [9.17, 15) is 0 Å². The first-order valence-electron chi connectivity index (χ1n) is 4.07. The Hall–Kier alpha value is -0.940. The average molecular weight is 190 g/mol. The van der Waals surface area contributed by atoms with Crippen LogP contribution in [0.3, 0.4) is 0 Å². The predicted octanol–water partition coefficient (Wildman–Crippen LogP) is 3.24. The Morgan fingerprint density at radius 2 is 2.08 bits per heavy atom. The zero-order chi connectivity index (χ0) is 9.84. The highest BCUT2D eigenvalue weighted by molar-refractivity contribution is 7.98. The largest absolute Gasteiger partial charge is 0.192 e. The normalized spacial score (nSPS) is 10.1. The number of nitriles is 1. The summed E-state index contributed by atoms with van der Waals surface area (Å²) in [5.41, 5.74) is 1.92. The van der Waals surface area contributed by atoms with E-state index in [4.69, 9.17) is 5.26 Å². The van der Waals surface area contributed by atoms with Crippen LogP contribution in [0.25, 0.3) is 0 Å². The molecule has 0 N–H and O–H groups in total. The summed E-state index contributed by atoms with van der Waals surface area (Å²) in [5, 5.41) is 8.74. The second-order valence-corrected chi connectivity index (χ2v) is 3.87. The van der Waals surface area contributed by atoms with Crippen LogP contribution in [0.5, 0.6) is 0 Å². The molecule has 67 valence electrons. The number of benzene rings is 1. The lowest BCUT2D eigenvalue weighted by atomic mass is 10.0. The molecule has 0 spiro atoms. The molecule has 1 rings (SSSR count). The van der Waals surface area contributed by atoms with Gasteiger partial charge in [0.2, 0.25) is 0 Å². The molecule has 0 fully saturated rings. The van der Waals surface area contributed by atoms with Crippen molar-refractivity contribution in [1.29, 1.82) is 5.26 Å². The van der Waals surface area contributed by atoms with E-state index in [1.807, 2.05) is 24.5 Å². The highest BCUT2D eigenvalue weighted by atomic mass is 32.2. The molecule has 0 aliphatic rings. The van der Waals surface area contributed by atoms with E-state index in [0.29, 0.717) is 0 Å². The Bertz CT molecular complexity index is 336. The van der Waals surface area contributed by atoms with Gasteiger partial charge in [-0.2, -0.15) is 5.26 Å². The second-order valence-electron chi connectivity index (χ2n) is 3.03. The summed E-state index contributed by atoms with van der Waals surface area (Å²) in [6, 6.07) is 7.96. The zero-order valence-corrected chi connectivity index (χ0v) is 8.90. The summed E-state index contributed by atoms with van der Waals surface area (Å²) in [7, 11) is 0. The van der Waals surface area contributed by atoms with Crippen molar-refractivity contribution >= 4 is 11.8 Å². The molecular weight excluding hydrogens is 178 g/mol. The molecule has 1 radical (unpaired) electrons. The molecule has 1 aromatic carbocycles. The molecule has 0 aliphatic heterocycles. The van der Waals surface area contributed by atoms with Crippen molar-refractivity contribution in [3.05, 3.63) is 35.2 Å². The first-order valence-corrected chi connectivity index (χ1v) is 5.30. The minimum absolute atomic E-state index is 0.731. The molecule has 1 nitrogen and oxygen atoms in total. The SMILES string of the molecule is CSc1ccc(C#N)cc1[C](C)C. The number of hydrogen-bond donors (Lipinski definition) is 0. The Morgan fingerprint density at radius 1 is 1.38 bits per heavy atom. The molecule has 2 heteroatoms. The third kappa shape index (κ3) is 2.26. The smallest absolute Gasteiger partial charge is 0.0991 e. The minimum Gasteiger partial charge on any atom is -0.192 e. The molecule has 0 unspecified atom stereocenters. The Kier molecular flexibility index (Phi) is 3.39. The number of hydrogen-bond acceptors (Lipinski definition) is 2. The fourth-order valence-electron chi connectivity index (χ4n) is 1.17. The summed E-state index contributed by atoms with van der Waals surface area (Å²) in [6.45, 7) is 4.13. The van der Waals surface area contributed by atoms with Gasteiger partial charge in [0.1, 0.15) is 0 Å². The minimum atomic E-state index is 0.731. The lowest BCUT2D eigenvalue weighted by Crippen LogP contribution is -1.92. The number of thioether (sulfide) groups is 1. The summed E-state index contributed by atoms with van der Waals surface area (Å²) in [4.78, 5) is 1.24. The van der Waals surface area contributed by atoms with Crippen LogP contribution >= 0.6 is 11.8 Å². The van der Waals surface area contributed by atoms with E-state index in [-0.39, 0.29) is 0 Å². The number of rotatable bonds is 2. The first kappa shape index (κ1) is 10.1. The lowest BCUT2D eigenvalue weighted by molar-refractivity contribution is 1.10. The fraction of sp³-hybridized carbons (Fsp3) is 0.273. The zero-order valence-electron chi connectivity index (χ0n) is 8.09. The summed E-state index contributed by atoms with van der Waals surface area (Å²) < 4.78 is 0. The van der Waals surface area contributed by atoms with Crippen LogP contribution in [0, 0.1) is 17.2 Å². The van der Waals surface area contributed by atoms with E-state index < -0.39 is 0 Å². The highest BCUT2D eigenvalue weighted by Crippen LogP contribution is 2.27. The molecule has 0 saturated heterocycles. The van der Waals surface area contributed by atoms with Gasteiger partial charge in [0, 0.05) is 4.90 Å². The van der Waals surface area contributed by atoms with Crippen molar-refractivity contribution in [3.8, 4) is 6.07 Å². The quantitative estimate of drug-likeness (QED) is 0.668. The van der Waals surface area contributed by atoms with Gasteiger partial charge in [-0.05, 0) is 35.9 Å². The first-order chi connectivity index (χ1) is 6.19. The number of nitrogens with zero attached hydrogens (tertiary/aromatic N) is 1. The molecule has 0 aromatic heterocycles. The van der Waals surface area contributed by atoms with Gasteiger partial charge in [0.25, 0.3) is 0 Å². The van der Waals surface area contributed by atoms with Crippen LogP contribution in [0.2, 0.25) is 0 Å². The van der Waals surface area contributed by atoms with Gasteiger partial charge >= 0.3 is 0 Å². The van der Waals surface area contributed by atoms with Gasteiger partial charge in [-0.3, -0.25) is 0 Å². The Labute approximate surface area is 83.8 Å². The van der Waals surface area contributed by atoms with E-state index in [0.717, 1.165) is 5.56 Å². The maximum absolute atomic E-state index is 8.74. The molecule has 0 saturated carbocycles. The van der Waals surface area contributed by atoms with Gasteiger partial charge < -0.3 is 0 Å². The summed E-state index contributed by atoms with van der Waals surface area (Å²) in [6.07, 6.45) is 2.05. The van der Waals surface area contributed by atoms with Gasteiger partial charge in [0.15, 0.2) is 0 Å². The second kappa shape index (κ2) is 4.34. The fourth-order valence-corrected chi connectivity index (χ4v) is 1.86. The molecule has 0 amide bonds. The maximum Gasteiger partial charge on any atom is 0.0991 e. The summed E-state index contributed by atoms with van der Waals surface area (Å²) >= 11 is 1.71. The average Bonchev–Trinajstić information content (AvgIpc) is 2.16. The van der Waals surface area contributed by atoms with Gasteiger partial charge in [-0.15, -0.1) is 11.8 Å². The Morgan fingerprint density at radius 3 is 2.54 bits per heavy atom. The molecule has 1 aromatic rings. The third-order valence-corrected chi connectivity index (χ3v) is 2.66. The Balaban J connectivity index is 3.20. The summed E-state index contributed by atoms with van der Waals surface area (Å²) in [5.74, 6) is 1.25. The topological polar surface area (TPSA) is 23.8 Å². The molecule has 0 atom stereocenters. The van der Waals surface area contributed by atoms with Crippen LogP contribution in [-0.4, -0.2) is 6.26 Å². The van der Waals surface area contributed by atoms with Crippen molar-refractivity contribution in [2.24, 2.45) is 0 Å². The standard InChI is InChI=1S/C11H12NS/c1-8(2)10-6-9(7-12)4-5-11(10)13-3/h4-6H,1-3H3. The van der Waals surface area contributed by atoms with E-state index in [1.165, 1.54) is 16.4 Å². The van der Waals surface area contributed by atoms with Gasteiger partial charge in [-0.25, -0.2) is 0 Å². The van der Waals surface area contributed by atoms with E-state index in [2.05, 4.69) is 19.9 Å². The van der Waals surface area contributed by atoms with Crippen molar-refractivity contribution in [3.63, 3.8) is 0 Å². The van der Waals surface area contributed by atoms with Gasteiger partial charge in [-0.1, -0.05) is 13.8 Å². The van der Waals surface area contributed by atoms with Crippen LogP contribution < -0.4 is 0 Å². The van der Waals surface area contributed by atoms with Crippen LogP contribution in [0.4, 0.5) is 0 Å². The highest BCUT2D eigenvalue weighted by Gasteiger charge is 2.06. The van der Waals surface area contributed by atoms with Crippen LogP contribution in [0.1, 0.15) is 25.0 Å². The molecule has 0 heterocycles. The predicted molar refractivity (Wildman–Crippen MR) is 56.6 cm³/mol. The van der Waals surface area contributed by atoms with Crippen LogP contribution in [0.15, 0.2) is 23.1 Å². The van der Waals surface area contributed by atoms with E-state index >= 15 is 0 Å². The van der Waals surface area contributed by atoms with E-state index in [1.54, 1.807) is 11.8 Å². The molecule has 0 aliphatic carbocycles. The molecule has 0 bridgehead atoms. The van der Waals surface area contributed by atoms with Crippen molar-refractivity contribution in [1.82, 2.24) is 0 Å². The molecular formula is C11H12NS. The monoisotopic (exact) mass is 190 g/mol. The van der Waals surface area contributed by atoms with Crippen LogP contribution in [-0.2, 0) is 0 Å². The van der Waals surface area contributed by atoms with Crippen molar-refractivity contribution in [2.75, 3.05) is 6.26 Å². The molecule has 13 heavy (non-hydrogen) atoms. The maximum atomic E-state index is 8.74. The van der Waals surface area contributed by atoms with Gasteiger partial charge in [0.05, 0.1) is 11.6 Å². The van der Waals surface area contributed by atoms with Crippen molar-refractivity contribution < 1.29 is 0 Å².